The number of rotatable bonds is 4. The molecule has 102 valence electrons. The molecule has 0 aliphatic carbocycles. The molecule has 0 amide bonds. The van der Waals surface area contributed by atoms with Crippen molar-refractivity contribution in [2.75, 3.05) is 24.8 Å². The van der Waals surface area contributed by atoms with Gasteiger partial charge in [-0.1, -0.05) is 18.2 Å². The SMILES string of the molecule is COc1ccccc1CN(C)c1ccc(C#N)cc1N. The fourth-order valence-electron chi connectivity index (χ4n) is 2.15. The van der Waals surface area contributed by atoms with Crippen molar-refractivity contribution in [1.82, 2.24) is 0 Å². The van der Waals surface area contributed by atoms with E-state index in [9.17, 15) is 0 Å². The van der Waals surface area contributed by atoms with Crippen molar-refractivity contribution in [2.45, 2.75) is 6.54 Å². The molecule has 0 aliphatic rings. The van der Waals surface area contributed by atoms with Crippen molar-refractivity contribution in [1.29, 1.82) is 5.26 Å². The maximum atomic E-state index is 8.86. The van der Waals surface area contributed by atoms with Gasteiger partial charge in [0.05, 0.1) is 30.1 Å². The molecular formula is C16H17N3O. The molecule has 0 saturated carbocycles. The van der Waals surface area contributed by atoms with Gasteiger partial charge < -0.3 is 15.4 Å². The Balaban J connectivity index is 2.24. The zero-order valence-corrected chi connectivity index (χ0v) is 11.6. The second-order valence-corrected chi connectivity index (χ2v) is 4.55. The molecule has 0 bridgehead atoms. The van der Waals surface area contributed by atoms with Crippen LogP contribution in [0.4, 0.5) is 11.4 Å². The van der Waals surface area contributed by atoms with E-state index >= 15 is 0 Å². The van der Waals surface area contributed by atoms with Crippen molar-refractivity contribution in [3.8, 4) is 11.8 Å². The zero-order valence-electron chi connectivity index (χ0n) is 11.6. The largest absolute Gasteiger partial charge is 0.496 e. The van der Waals surface area contributed by atoms with Crippen molar-refractivity contribution in [3.05, 3.63) is 53.6 Å². The van der Waals surface area contributed by atoms with E-state index in [1.54, 1.807) is 19.2 Å². The first-order chi connectivity index (χ1) is 9.65. The summed E-state index contributed by atoms with van der Waals surface area (Å²) in [6.07, 6.45) is 0. The van der Waals surface area contributed by atoms with Crippen molar-refractivity contribution in [2.24, 2.45) is 0 Å². The molecule has 0 unspecified atom stereocenters. The Labute approximate surface area is 119 Å². The lowest BCUT2D eigenvalue weighted by Crippen LogP contribution is -2.18. The van der Waals surface area contributed by atoms with Gasteiger partial charge in [-0.25, -0.2) is 0 Å². The molecule has 0 saturated heterocycles. The summed E-state index contributed by atoms with van der Waals surface area (Å²) in [4.78, 5) is 2.04. The number of benzene rings is 2. The minimum Gasteiger partial charge on any atom is -0.496 e. The summed E-state index contributed by atoms with van der Waals surface area (Å²) in [6, 6.07) is 15.3. The number of nitrogen functional groups attached to an aromatic ring is 1. The van der Waals surface area contributed by atoms with E-state index in [0.29, 0.717) is 17.8 Å². The van der Waals surface area contributed by atoms with Crippen LogP contribution in [0.2, 0.25) is 0 Å². The Bertz CT molecular complexity index is 646. The van der Waals surface area contributed by atoms with Crippen molar-refractivity contribution in [3.63, 3.8) is 0 Å². The van der Waals surface area contributed by atoms with Gasteiger partial charge in [0.1, 0.15) is 5.75 Å². The second kappa shape index (κ2) is 5.98. The molecule has 0 radical (unpaired) electrons. The number of nitrogens with two attached hydrogens (primary N) is 1. The third kappa shape index (κ3) is 2.83. The summed E-state index contributed by atoms with van der Waals surface area (Å²) in [7, 11) is 3.62. The van der Waals surface area contributed by atoms with Gasteiger partial charge in [-0.05, 0) is 24.3 Å². The lowest BCUT2D eigenvalue weighted by atomic mass is 10.1. The molecule has 0 fully saturated rings. The van der Waals surface area contributed by atoms with Gasteiger partial charge in [-0.2, -0.15) is 5.26 Å². The number of ether oxygens (including phenoxy) is 1. The molecular weight excluding hydrogens is 250 g/mol. The Morgan fingerprint density at radius 3 is 2.65 bits per heavy atom. The third-order valence-electron chi connectivity index (χ3n) is 3.17. The molecule has 2 aromatic carbocycles. The Morgan fingerprint density at radius 2 is 2.00 bits per heavy atom. The summed E-state index contributed by atoms with van der Waals surface area (Å²) in [6.45, 7) is 0.681. The molecule has 0 aromatic heterocycles. The average Bonchev–Trinajstić information content (AvgIpc) is 2.47. The molecule has 2 rings (SSSR count). The number of hydrogen-bond donors (Lipinski definition) is 1. The molecule has 0 heterocycles. The molecule has 2 aromatic rings. The van der Waals surface area contributed by atoms with Crippen LogP contribution < -0.4 is 15.4 Å². The van der Waals surface area contributed by atoms with E-state index < -0.39 is 0 Å². The number of methoxy groups -OCH3 is 1. The van der Waals surface area contributed by atoms with Gasteiger partial charge in [0.2, 0.25) is 0 Å². The fourth-order valence-corrected chi connectivity index (χ4v) is 2.15. The van der Waals surface area contributed by atoms with Gasteiger partial charge in [0, 0.05) is 19.2 Å². The highest BCUT2D eigenvalue weighted by Crippen LogP contribution is 2.26. The minimum atomic E-state index is 0.567. The zero-order chi connectivity index (χ0) is 14.5. The van der Waals surface area contributed by atoms with Gasteiger partial charge in [-0.15, -0.1) is 0 Å². The Morgan fingerprint density at radius 1 is 1.25 bits per heavy atom. The maximum absolute atomic E-state index is 8.86. The van der Waals surface area contributed by atoms with Crippen LogP contribution in [0.1, 0.15) is 11.1 Å². The van der Waals surface area contributed by atoms with E-state index in [1.165, 1.54) is 0 Å². The standard InChI is InChI=1S/C16H17N3O/c1-19(11-13-5-3-4-6-16(13)20-2)15-8-7-12(10-17)9-14(15)18/h3-9H,11,18H2,1-2H3. The Kier molecular flexibility index (Phi) is 4.11. The summed E-state index contributed by atoms with van der Waals surface area (Å²) in [5.41, 5.74) is 9.15. The lowest BCUT2D eigenvalue weighted by molar-refractivity contribution is 0.409. The highest BCUT2D eigenvalue weighted by Gasteiger charge is 2.09. The number of hydrogen-bond acceptors (Lipinski definition) is 4. The molecule has 2 N–H and O–H groups in total. The number of nitrogens with zero attached hydrogens (tertiary/aromatic N) is 2. The predicted octanol–water partition coefficient (Wildman–Crippen LogP) is 2.79. The van der Waals surface area contributed by atoms with Crippen LogP contribution in [0.15, 0.2) is 42.5 Å². The van der Waals surface area contributed by atoms with Crippen LogP contribution in [-0.4, -0.2) is 14.2 Å². The summed E-state index contributed by atoms with van der Waals surface area (Å²) >= 11 is 0. The highest BCUT2D eigenvalue weighted by atomic mass is 16.5. The lowest BCUT2D eigenvalue weighted by Gasteiger charge is -2.22. The molecule has 0 atom stereocenters. The van der Waals surface area contributed by atoms with Gasteiger partial charge >= 0.3 is 0 Å². The first-order valence-corrected chi connectivity index (χ1v) is 6.28. The van der Waals surface area contributed by atoms with E-state index in [4.69, 9.17) is 15.7 Å². The van der Waals surface area contributed by atoms with E-state index in [-0.39, 0.29) is 0 Å². The monoisotopic (exact) mass is 267 g/mol. The third-order valence-corrected chi connectivity index (χ3v) is 3.17. The smallest absolute Gasteiger partial charge is 0.123 e. The fraction of sp³-hybridized carbons (Fsp3) is 0.188. The topological polar surface area (TPSA) is 62.3 Å². The van der Waals surface area contributed by atoms with E-state index in [2.05, 4.69) is 6.07 Å². The molecule has 4 heteroatoms. The number of nitriles is 1. The van der Waals surface area contributed by atoms with Crippen LogP contribution in [0.3, 0.4) is 0 Å². The normalized spacial score (nSPS) is 9.85. The van der Waals surface area contributed by atoms with Crippen LogP contribution >= 0.6 is 0 Å². The molecule has 0 aliphatic heterocycles. The van der Waals surface area contributed by atoms with Gasteiger partial charge in [-0.3, -0.25) is 0 Å². The first kappa shape index (κ1) is 13.8. The quantitative estimate of drug-likeness (QED) is 0.865. The second-order valence-electron chi connectivity index (χ2n) is 4.55. The van der Waals surface area contributed by atoms with E-state index in [0.717, 1.165) is 17.0 Å². The number of anilines is 2. The number of para-hydroxylation sites is 1. The molecule has 4 nitrogen and oxygen atoms in total. The van der Waals surface area contributed by atoms with Crippen molar-refractivity contribution < 1.29 is 4.74 Å². The predicted molar refractivity (Wildman–Crippen MR) is 80.7 cm³/mol. The highest BCUT2D eigenvalue weighted by molar-refractivity contribution is 5.69. The van der Waals surface area contributed by atoms with Crippen LogP contribution in [0.25, 0.3) is 0 Å². The van der Waals surface area contributed by atoms with Gasteiger partial charge in [0.15, 0.2) is 0 Å². The van der Waals surface area contributed by atoms with Gasteiger partial charge in [0.25, 0.3) is 0 Å². The first-order valence-electron chi connectivity index (χ1n) is 6.28. The van der Waals surface area contributed by atoms with E-state index in [1.807, 2.05) is 42.3 Å². The van der Waals surface area contributed by atoms with Crippen LogP contribution in [0.5, 0.6) is 5.75 Å². The molecule has 20 heavy (non-hydrogen) atoms. The summed E-state index contributed by atoms with van der Waals surface area (Å²) < 4.78 is 5.35. The summed E-state index contributed by atoms with van der Waals surface area (Å²) in [5, 5.41) is 8.86. The maximum Gasteiger partial charge on any atom is 0.123 e. The average molecular weight is 267 g/mol. The Hall–Kier alpha value is -2.67. The summed E-state index contributed by atoms with van der Waals surface area (Å²) in [5.74, 6) is 0.853. The molecule has 0 spiro atoms. The minimum absolute atomic E-state index is 0.567. The van der Waals surface area contributed by atoms with Crippen molar-refractivity contribution >= 4 is 11.4 Å². The van der Waals surface area contributed by atoms with Crippen LogP contribution in [-0.2, 0) is 6.54 Å². The van der Waals surface area contributed by atoms with Crippen LogP contribution in [0, 0.1) is 11.3 Å².